The van der Waals surface area contributed by atoms with Crippen LogP contribution in [0.2, 0.25) is 0 Å². The van der Waals surface area contributed by atoms with Crippen molar-refractivity contribution in [2.75, 3.05) is 13.1 Å². The summed E-state index contributed by atoms with van der Waals surface area (Å²) < 4.78 is 4.68. The second-order valence-electron chi connectivity index (χ2n) is 4.89. The lowest BCUT2D eigenvalue weighted by Crippen LogP contribution is -2.33. The third kappa shape index (κ3) is 2.10. The van der Waals surface area contributed by atoms with E-state index in [-0.39, 0.29) is 0 Å². The zero-order chi connectivity index (χ0) is 11.0. The summed E-state index contributed by atoms with van der Waals surface area (Å²) in [6.45, 7) is 5.14. The zero-order valence-electron chi connectivity index (χ0n) is 9.65. The first-order valence-electron chi connectivity index (χ1n) is 6.08. The van der Waals surface area contributed by atoms with Crippen molar-refractivity contribution in [2.45, 2.75) is 44.8 Å². The monoisotopic (exact) mass is 222 g/mol. The molecule has 1 aromatic rings. The Hall–Kier alpha value is -0.940. The molecule has 0 spiro atoms. The molecule has 0 amide bonds. The third-order valence-electron chi connectivity index (χ3n) is 3.59. The smallest absolute Gasteiger partial charge is 0.121 e. The maximum atomic E-state index is 4.68. The van der Waals surface area contributed by atoms with Crippen LogP contribution in [0.5, 0.6) is 0 Å². The number of nitrogens with zero attached hydrogens (tertiary/aromatic N) is 3. The van der Waals surface area contributed by atoms with E-state index in [0.29, 0.717) is 6.04 Å². The highest BCUT2D eigenvalue weighted by molar-refractivity contribution is 5.04. The molecule has 1 saturated heterocycles. The fraction of sp³-hybridized carbons (Fsp3) is 0.818. The molecule has 3 rings (SSSR count). The minimum absolute atomic E-state index is 0.608. The highest BCUT2D eigenvalue weighted by Gasteiger charge is 2.34. The van der Waals surface area contributed by atoms with Crippen LogP contribution in [0.1, 0.15) is 30.7 Å². The van der Waals surface area contributed by atoms with Crippen molar-refractivity contribution in [2.24, 2.45) is 0 Å². The van der Waals surface area contributed by atoms with Crippen molar-refractivity contribution in [3.8, 4) is 0 Å². The number of hydrogen-bond donors (Lipinski definition) is 1. The first kappa shape index (κ1) is 10.2. The van der Waals surface area contributed by atoms with Crippen LogP contribution in [0.25, 0.3) is 0 Å². The number of nitrogens with one attached hydrogen (secondary N) is 1. The Balaban J connectivity index is 1.47. The van der Waals surface area contributed by atoms with E-state index in [4.69, 9.17) is 0 Å². The van der Waals surface area contributed by atoms with Crippen molar-refractivity contribution in [1.29, 1.82) is 0 Å². The summed E-state index contributed by atoms with van der Waals surface area (Å²) >= 11 is 0. The zero-order valence-corrected chi connectivity index (χ0v) is 9.65. The number of hydrogen-bond acceptors (Lipinski definition) is 5. The van der Waals surface area contributed by atoms with E-state index >= 15 is 0 Å². The molecule has 1 aliphatic carbocycles. The van der Waals surface area contributed by atoms with Gasteiger partial charge in [0, 0.05) is 31.7 Å². The van der Waals surface area contributed by atoms with Crippen molar-refractivity contribution in [1.82, 2.24) is 20.5 Å². The number of aromatic nitrogens is 2. The van der Waals surface area contributed by atoms with E-state index in [0.717, 1.165) is 24.0 Å². The number of rotatable bonds is 4. The molecule has 1 aliphatic heterocycles. The second-order valence-corrected chi connectivity index (χ2v) is 4.89. The molecule has 16 heavy (non-hydrogen) atoms. The SMILES string of the molecule is Cc1nonc1CNC1CCN(C2CC2)C1. The predicted molar refractivity (Wildman–Crippen MR) is 58.9 cm³/mol. The molecule has 5 nitrogen and oxygen atoms in total. The Morgan fingerprint density at radius 2 is 2.25 bits per heavy atom. The van der Waals surface area contributed by atoms with Crippen LogP contribution >= 0.6 is 0 Å². The molecule has 0 aromatic carbocycles. The van der Waals surface area contributed by atoms with Gasteiger partial charge in [-0.05, 0) is 26.2 Å². The van der Waals surface area contributed by atoms with Gasteiger partial charge in [-0.2, -0.15) is 0 Å². The number of aryl methyl sites for hydroxylation is 1. The van der Waals surface area contributed by atoms with Gasteiger partial charge in [0.2, 0.25) is 0 Å². The molecular formula is C11H18N4O. The average Bonchev–Trinajstić information content (AvgIpc) is 2.89. The minimum Gasteiger partial charge on any atom is -0.307 e. The van der Waals surface area contributed by atoms with Crippen LogP contribution in [-0.2, 0) is 6.54 Å². The van der Waals surface area contributed by atoms with Gasteiger partial charge in [-0.25, -0.2) is 4.63 Å². The van der Waals surface area contributed by atoms with Crippen LogP contribution in [0.3, 0.4) is 0 Å². The van der Waals surface area contributed by atoms with Crippen LogP contribution in [0, 0.1) is 6.92 Å². The van der Waals surface area contributed by atoms with Gasteiger partial charge in [0.05, 0.1) is 0 Å². The molecule has 0 radical (unpaired) electrons. The summed E-state index contributed by atoms with van der Waals surface area (Å²) in [5.74, 6) is 0. The summed E-state index contributed by atoms with van der Waals surface area (Å²) in [5, 5.41) is 11.2. The van der Waals surface area contributed by atoms with Crippen molar-refractivity contribution < 1.29 is 4.63 Å². The number of likely N-dealkylation sites (tertiary alicyclic amines) is 1. The fourth-order valence-corrected chi connectivity index (χ4v) is 2.38. The molecule has 2 fully saturated rings. The molecule has 5 heteroatoms. The Labute approximate surface area is 95.2 Å². The van der Waals surface area contributed by atoms with Crippen molar-refractivity contribution in [3.05, 3.63) is 11.4 Å². The van der Waals surface area contributed by atoms with Crippen molar-refractivity contribution >= 4 is 0 Å². The summed E-state index contributed by atoms with van der Waals surface area (Å²) in [6, 6.07) is 1.50. The first-order valence-corrected chi connectivity index (χ1v) is 6.08. The van der Waals surface area contributed by atoms with Gasteiger partial charge in [0.1, 0.15) is 11.4 Å². The van der Waals surface area contributed by atoms with Gasteiger partial charge in [-0.3, -0.25) is 4.90 Å². The Bertz CT molecular complexity index is 361. The van der Waals surface area contributed by atoms with Crippen LogP contribution in [-0.4, -0.2) is 40.4 Å². The fourth-order valence-electron chi connectivity index (χ4n) is 2.38. The maximum absolute atomic E-state index is 4.68. The summed E-state index contributed by atoms with van der Waals surface area (Å²) in [7, 11) is 0. The normalized spacial score (nSPS) is 26.4. The quantitative estimate of drug-likeness (QED) is 0.813. The molecule has 88 valence electrons. The molecule has 2 aliphatic rings. The summed E-state index contributed by atoms with van der Waals surface area (Å²) in [6.07, 6.45) is 4.05. The van der Waals surface area contributed by atoms with Gasteiger partial charge < -0.3 is 5.32 Å². The van der Waals surface area contributed by atoms with Gasteiger partial charge in [0.25, 0.3) is 0 Å². The van der Waals surface area contributed by atoms with E-state index in [1.165, 1.54) is 32.4 Å². The van der Waals surface area contributed by atoms with E-state index in [1.54, 1.807) is 0 Å². The summed E-state index contributed by atoms with van der Waals surface area (Å²) in [5.41, 5.74) is 1.83. The topological polar surface area (TPSA) is 54.2 Å². The summed E-state index contributed by atoms with van der Waals surface area (Å²) in [4.78, 5) is 2.60. The van der Waals surface area contributed by atoms with E-state index < -0.39 is 0 Å². The lowest BCUT2D eigenvalue weighted by atomic mass is 10.2. The Morgan fingerprint density at radius 1 is 1.38 bits per heavy atom. The van der Waals surface area contributed by atoms with Crippen LogP contribution < -0.4 is 5.32 Å². The lowest BCUT2D eigenvalue weighted by molar-refractivity contribution is 0.298. The Morgan fingerprint density at radius 3 is 2.94 bits per heavy atom. The highest BCUT2D eigenvalue weighted by Crippen LogP contribution is 2.29. The molecule has 1 N–H and O–H groups in total. The van der Waals surface area contributed by atoms with Gasteiger partial charge in [-0.1, -0.05) is 10.3 Å². The lowest BCUT2D eigenvalue weighted by Gasteiger charge is -2.15. The standard InChI is InChI=1S/C11H18N4O/c1-8-11(14-16-13-8)6-12-9-4-5-15(7-9)10-2-3-10/h9-10,12H,2-7H2,1H3. The van der Waals surface area contributed by atoms with Crippen LogP contribution in [0.15, 0.2) is 4.63 Å². The van der Waals surface area contributed by atoms with Gasteiger partial charge >= 0.3 is 0 Å². The highest BCUT2D eigenvalue weighted by atomic mass is 16.6. The molecule has 1 saturated carbocycles. The van der Waals surface area contributed by atoms with Crippen molar-refractivity contribution in [3.63, 3.8) is 0 Å². The molecular weight excluding hydrogens is 204 g/mol. The molecule has 1 atom stereocenters. The Kier molecular flexibility index (Phi) is 2.65. The molecule has 1 unspecified atom stereocenters. The van der Waals surface area contributed by atoms with E-state index in [1.807, 2.05) is 6.92 Å². The minimum atomic E-state index is 0.608. The largest absolute Gasteiger partial charge is 0.307 e. The second kappa shape index (κ2) is 4.14. The first-order chi connectivity index (χ1) is 7.83. The molecule has 1 aromatic heterocycles. The maximum Gasteiger partial charge on any atom is 0.121 e. The van der Waals surface area contributed by atoms with E-state index in [2.05, 4.69) is 25.2 Å². The molecule has 0 bridgehead atoms. The third-order valence-corrected chi connectivity index (χ3v) is 3.59. The van der Waals surface area contributed by atoms with E-state index in [9.17, 15) is 0 Å². The van der Waals surface area contributed by atoms with Gasteiger partial charge in [0.15, 0.2) is 0 Å². The average molecular weight is 222 g/mol. The van der Waals surface area contributed by atoms with Crippen LogP contribution in [0.4, 0.5) is 0 Å². The van der Waals surface area contributed by atoms with Gasteiger partial charge in [-0.15, -0.1) is 0 Å². The molecule has 2 heterocycles. The predicted octanol–water partition coefficient (Wildman–Crippen LogP) is 0.704.